The van der Waals surface area contributed by atoms with Crippen molar-refractivity contribution in [3.63, 3.8) is 0 Å². The first-order valence-corrected chi connectivity index (χ1v) is 10.5. The van der Waals surface area contributed by atoms with Crippen LogP contribution in [0.15, 0.2) is 24.5 Å². The number of ether oxygens (including phenoxy) is 2. The number of imidazole rings is 1. The molecule has 0 unspecified atom stereocenters. The first-order valence-electron chi connectivity index (χ1n) is 10.5. The highest BCUT2D eigenvalue weighted by Gasteiger charge is 2.55. The zero-order chi connectivity index (χ0) is 22.0. The van der Waals surface area contributed by atoms with Crippen LogP contribution in [0.3, 0.4) is 0 Å². The minimum Gasteiger partial charge on any atom is -0.490 e. The van der Waals surface area contributed by atoms with E-state index in [0.29, 0.717) is 23.6 Å². The van der Waals surface area contributed by atoms with Crippen molar-refractivity contribution in [2.24, 2.45) is 7.05 Å². The molecule has 1 saturated heterocycles. The molecule has 3 aromatic rings. The van der Waals surface area contributed by atoms with Crippen LogP contribution in [0.1, 0.15) is 56.1 Å². The average molecular weight is 427 g/mol. The first kappa shape index (κ1) is 20.0. The Morgan fingerprint density at radius 1 is 1.32 bits per heavy atom. The number of fused-ring (bicyclic) bond motifs is 3. The molecule has 2 fully saturated rings. The molecule has 0 aromatic carbocycles. The Hall–Kier alpha value is -2.94. The average Bonchev–Trinajstić information content (AvgIpc) is 3.42. The van der Waals surface area contributed by atoms with Gasteiger partial charge in [-0.25, -0.2) is 9.67 Å². The van der Waals surface area contributed by atoms with Crippen LogP contribution in [0.25, 0.3) is 5.65 Å². The van der Waals surface area contributed by atoms with E-state index in [2.05, 4.69) is 17.3 Å². The maximum absolute atomic E-state index is 13.6. The van der Waals surface area contributed by atoms with Crippen LogP contribution >= 0.6 is 0 Å². The van der Waals surface area contributed by atoms with Gasteiger partial charge in [0.1, 0.15) is 11.4 Å². The van der Waals surface area contributed by atoms with E-state index in [1.54, 1.807) is 12.3 Å². The third kappa shape index (κ3) is 3.37. The van der Waals surface area contributed by atoms with Gasteiger partial charge in [-0.15, -0.1) is 0 Å². The van der Waals surface area contributed by atoms with Crippen LogP contribution in [0, 0.1) is 5.95 Å². The van der Waals surface area contributed by atoms with Crippen molar-refractivity contribution in [3.05, 3.63) is 41.7 Å². The second-order valence-electron chi connectivity index (χ2n) is 9.24. The van der Waals surface area contributed by atoms with Crippen LogP contribution in [-0.4, -0.2) is 43.4 Å². The Kier molecular flexibility index (Phi) is 4.37. The molecule has 164 valence electrons. The lowest BCUT2D eigenvalue weighted by atomic mass is 9.84. The summed E-state index contributed by atoms with van der Waals surface area (Å²) in [5, 5.41) is 6.60. The molecule has 1 aliphatic heterocycles. The van der Waals surface area contributed by atoms with E-state index < -0.39 is 11.9 Å². The Morgan fingerprint density at radius 2 is 2.13 bits per heavy atom. The smallest absolute Gasteiger partial charge is 0.262 e. The molecule has 4 heterocycles. The topological polar surface area (TPSA) is 82.7 Å². The van der Waals surface area contributed by atoms with Gasteiger partial charge >= 0.3 is 0 Å². The SMILES string of the molecule is CC(C)Oc1cc2nc([C@]34CC[C@](C)(C3)OC4)cn2cc1C(=O)Nc1cc(F)n(C)n1. The van der Waals surface area contributed by atoms with E-state index in [1.165, 1.54) is 13.1 Å². The number of aromatic nitrogens is 4. The molecule has 1 aliphatic carbocycles. The molecule has 2 bridgehead atoms. The predicted molar refractivity (Wildman–Crippen MR) is 112 cm³/mol. The Bertz CT molecular complexity index is 1150. The zero-order valence-electron chi connectivity index (χ0n) is 18.1. The number of aryl methyl sites for hydroxylation is 1. The third-order valence-corrected chi connectivity index (χ3v) is 6.31. The van der Waals surface area contributed by atoms with E-state index in [-0.39, 0.29) is 22.9 Å². The number of pyridine rings is 1. The molecule has 0 radical (unpaired) electrons. The molecule has 0 spiro atoms. The molecule has 2 atom stereocenters. The standard InChI is InChI=1S/C22H26FN5O3/c1-13(2)31-15-7-19-24-16(22-6-5-21(3,11-22)30-12-22)10-28(19)9-14(15)20(29)25-18-8-17(23)27(4)26-18/h7-10,13H,5-6,11-12H2,1-4H3,(H,25,26,29)/t21-,22-/m1/s1. The summed E-state index contributed by atoms with van der Waals surface area (Å²) in [6.45, 7) is 6.62. The molecular weight excluding hydrogens is 401 g/mol. The molecule has 1 amide bonds. The lowest BCUT2D eigenvalue weighted by molar-refractivity contribution is -0.00627. The largest absolute Gasteiger partial charge is 0.490 e. The number of carbonyl (C=O) groups excluding carboxylic acids is 1. The molecule has 5 rings (SSSR count). The van der Waals surface area contributed by atoms with Gasteiger partial charge in [0.15, 0.2) is 5.82 Å². The molecular formula is C22H26FN5O3. The van der Waals surface area contributed by atoms with Gasteiger partial charge < -0.3 is 19.2 Å². The van der Waals surface area contributed by atoms with E-state index in [9.17, 15) is 9.18 Å². The molecule has 9 heteroatoms. The number of carbonyl (C=O) groups is 1. The van der Waals surface area contributed by atoms with Gasteiger partial charge in [-0.3, -0.25) is 4.79 Å². The summed E-state index contributed by atoms with van der Waals surface area (Å²) in [4.78, 5) is 17.9. The number of rotatable bonds is 5. The number of hydrogen-bond donors (Lipinski definition) is 1. The van der Waals surface area contributed by atoms with Crippen molar-refractivity contribution in [2.45, 2.75) is 57.2 Å². The van der Waals surface area contributed by atoms with Crippen LogP contribution in [0.5, 0.6) is 5.75 Å². The fourth-order valence-corrected chi connectivity index (χ4v) is 4.73. The molecule has 3 aromatic heterocycles. The lowest BCUT2D eigenvalue weighted by Crippen LogP contribution is -2.26. The predicted octanol–water partition coefficient (Wildman–Crippen LogP) is 3.46. The highest BCUT2D eigenvalue weighted by atomic mass is 19.1. The van der Waals surface area contributed by atoms with Gasteiger partial charge in [0.05, 0.1) is 29.6 Å². The Morgan fingerprint density at radius 3 is 2.71 bits per heavy atom. The summed E-state index contributed by atoms with van der Waals surface area (Å²) in [5.41, 5.74) is 1.88. The summed E-state index contributed by atoms with van der Waals surface area (Å²) in [7, 11) is 1.47. The van der Waals surface area contributed by atoms with Gasteiger partial charge in [-0.1, -0.05) is 0 Å². The van der Waals surface area contributed by atoms with E-state index in [1.807, 2.05) is 24.4 Å². The van der Waals surface area contributed by atoms with E-state index in [0.717, 1.165) is 29.6 Å². The summed E-state index contributed by atoms with van der Waals surface area (Å²) < 4.78 is 28.5. The quantitative estimate of drug-likeness (QED) is 0.674. The summed E-state index contributed by atoms with van der Waals surface area (Å²) in [6, 6.07) is 2.95. The number of nitrogens with zero attached hydrogens (tertiary/aromatic N) is 4. The lowest BCUT2D eigenvalue weighted by Gasteiger charge is -2.24. The fourth-order valence-electron chi connectivity index (χ4n) is 4.73. The van der Waals surface area contributed by atoms with Crippen LogP contribution < -0.4 is 10.1 Å². The second kappa shape index (κ2) is 6.78. The number of hydrogen-bond acceptors (Lipinski definition) is 5. The van der Waals surface area contributed by atoms with Gasteiger partial charge in [0.25, 0.3) is 5.91 Å². The molecule has 1 N–H and O–H groups in total. The minimum absolute atomic E-state index is 0.0648. The highest BCUT2D eigenvalue weighted by molar-refractivity contribution is 6.05. The van der Waals surface area contributed by atoms with Crippen molar-refractivity contribution < 1.29 is 18.7 Å². The van der Waals surface area contributed by atoms with Crippen molar-refractivity contribution in [1.29, 1.82) is 0 Å². The number of halogens is 1. The maximum Gasteiger partial charge on any atom is 0.262 e. The summed E-state index contributed by atoms with van der Waals surface area (Å²) >= 11 is 0. The Labute approximate surface area is 179 Å². The van der Waals surface area contributed by atoms with E-state index in [4.69, 9.17) is 14.5 Å². The second-order valence-corrected chi connectivity index (χ2v) is 9.24. The maximum atomic E-state index is 13.6. The third-order valence-electron chi connectivity index (χ3n) is 6.31. The van der Waals surface area contributed by atoms with Gasteiger partial charge in [-0.05, 0) is 40.0 Å². The van der Waals surface area contributed by atoms with Gasteiger partial charge in [0.2, 0.25) is 5.95 Å². The van der Waals surface area contributed by atoms with Crippen molar-refractivity contribution in [3.8, 4) is 5.75 Å². The Balaban J connectivity index is 1.52. The molecule has 8 nitrogen and oxygen atoms in total. The van der Waals surface area contributed by atoms with Crippen LogP contribution in [0.2, 0.25) is 0 Å². The van der Waals surface area contributed by atoms with Crippen molar-refractivity contribution >= 4 is 17.4 Å². The normalized spacial score (nSPS) is 25.0. The first-order chi connectivity index (χ1) is 14.7. The number of anilines is 1. The van der Waals surface area contributed by atoms with Crippen LogP contribution in [0.4, 0.5) is 10.2 Å². The molecule has 31 heavy (non-hydrogen) atoms. The highest BCUT2D eigenvalue weighted by Crippen LogP contribution is 2.53. The summed E-state index contributed by atoms with van der Waals surface area (Å²) in [5.74, 6) is -0.406. The van der Waals surface area contributed by atoms with E-state index >= 15 is 0 Å². The number of nitrogens with one attached hydrogen (secondary N) is 1. The summed E-state index contributed by atoms with van der Waals surface area (Å²) in [6.07, 6.45) is 6.58. The fraction of sp³-hybridized carbons (Fsp3) is 0.500. The molecule has 2 aliphatic rings. The molecule has 1 saturated carbocycles. The van der Waals surface area contributed by atoms with Gasteiger partial charge in [0, 0.05) is 37.0 Å². The monoisotopic (exact) mass is 427 g/mol. The van der Waals surface area contributed by atoms with Crippen molar-refractivity contribution in [1.82, 2.24) is 19.2 Å². The number of amides is 1. The van der Waals surface area contributed by atoms with Crippen LogP contribution in [-0.2, 0) is 17.2 Å². The minimum atomic E-state index is -0.537. The zero-order valence-corrected chi connectivity index (χ0v) is 18.1. The van der Waals surface area contributed by atoms with Gasteiger partial charge in [-0.2, -0.15) is 9.49 Å². The van der Waals surface area contributed by atoms with Crippen molar-refractivity contribution in [2.75, 3.05) is 11.9 Å².